The van der Waals surface area contributed by atoms with Crippen molar-refractivity contribution in [2.24, 2.45) is 0 Å². The summed E-state index contributed by atoms with van der Waals surface area (Å²) < 4.78 is 0.799. The van der Waals surface area contributed by atoms with Gasteiger partial charge in [0.2, 0.25) is 0 Å². The zero-order valence-corrected chi connectivity index (χ0v) is 6.40. The van der Waals surface area contributed by atoms with Crippen molar-refractivity contribution in [2.45, 2.75) is 0 Å². The number of hydrogen-bond donors (Lipinski definition) is 0. The Hall–Kier alpha value is 0.330. The van der Waals surface area contributed by atoms with Gasteiger partial charge in [0.05, 0.1) is 4.47 Å². The van der Waals surface area contributed by atoms with Crippen LogP contribution >= 0.6 is 36.6 Å². The average Bonchev–Trinajstić information content (AvgIpc) is 1.91. The Labute approximate surface area is 56.1 Å². The molecular weight excluding hydrogens is 196 g/mol. The van der Waals surface area contributed by atoms with E-state index < -0.39 is 0 Å². The Balaban J connectivity index is 3.39. The zero-order chi connectivity index (χ0) is 5.28. The van der Waals surface area contributed by atoms with Crippen molar-refractivity contribution in [3.8, 4) is 0 Å². The molecule has 0 saturated carbocycles. The van der Waals surface area contributed by atoms with Crippen molar-refractivity contribution in [1.29, 1.82) is 0 Å². The highest BCUT2D eigenvalue weighted by Gasteiger charge is 1.90. The van der Waals surface area contributed by atoms with Crippen LogP contribution in [0.15, 0.2) is 14.6 Å². The van der Waals surface area contributed by atoms with E-state index >= 15 is 0 Å². The summed E-state index contributed by atoms with van der Waals surface area (Å²) >= 11 is 3.07. The Bertz CT molecular complexity index is 201. The van der Waals surface area contributed by atoms with Gasteiger partial charge in [-0.1, -0.05) is 10.3 Å². The maximum absolute atomic E-state index is 10.4. The van der Waals surface area contributed by atoms with Gasteiger partial charge in [0.1, 0.15) is 0 Å². The fourth-order valence-corrected chi connectivity index (χ4v) is 2.92. The Morgan fingerprint density at radius 3 is 2.57 bits per heavy atom. The molecule has 0 aliphatic heterocycles. The molecule has 0 aliphatic rings. The quantitative estimate of drug-likeness (QED) is 0.581. The molecule has 0 fully saturated rings. The van der Waals surface area contributed by atoms with E-state index in [2.05, 4.69) is 15.9 Å². The van der Waals surface area contributed by atoms with Gasteiger partial charge in [-0.15, -0.1) is 0 Å². The summed E-state index contributed by atoms with van der Waals surface area (Å²) in [4.78, 5) is 10.4. The van der Waals surface area contributed by atoms with Crippen molar-refractivity contribution >= 4 is 36.6 Å². The standard InChI is InChI=1S/C3HBrOS2/c4-2-1-6-7-3(2)5/h1H. The highest BCUT2D eigenvalue weighted by Crippen LogP contribution is 2.10. The second-order valence-corrected chi connectivity index (χ2v) is 3.83. The molecule has 0 saturated heterocycles. The van der Waals surface area contributed by atoms with Gasteiger partial charge in [0.15, 0.2) is 0 Å². The molecule has 0 bridgehead atoms. The summed E-state index contributed by atoms with van der Waals surface area (Å²) in [6.07, 6.45) is 0. The minimum absolute atomic E-state index is 0.116. The van der Waals surface area contributed by atoms with Gasteiger partial charge >= 0.3 is 0 Å². The van der Waals surface area contributed by atoms with Crippen LogP contribution in [0.5, 0.6) is 0 Å². The lowest BCUT2D eigenvalue weighted by Crippen LogP contribution is -1.84. The fourth-order valence-electron chi connectivity index (χ4n) is 0.198. The van der Waals surface area contributed by atoms with Crippen LogP contribution in [0.1, 0.15) is 0 Å². The summed E-state index contributed by atoms with van der Waals surface area (Å²) in [7, 11) is 2.69. The summed E-state index contributed by atoms with van der Waals surface area (Å²) in [5.74, 6) is 0. The van der Waals surface area contributed by atoms with E-state index in [9.17, 15) is 4.79 Å². The highest BCUT2D eigenvalue weighted by molar-refractivity contribution is 9.10. The van der Waals surface area contributed by atoms with Crippen molar-refractivity contribution in [1.82, 2.24) is 0 Å². The minimum Gasteiger partial charge on any atom is -0.276 e. The first-order valence-electron chi connectivity index (χ1n) is 1.54. The monoisotopic (exact) mass is 196 g/mol. The van der Waals surface area contributed by atoms with Gasteiger partial charge in [-0.25, -0.2) is 0 Å². The normalized spacial score (nSPS) is 9.29. The summed E-state index contributed by atoms with van der Waals surface area (Å²) in [6, 6.07) is 0. The number of hydrogen-bond acceptors (Lipinski definition) is 3. The van der Waals surface area contributed by atoms with Gasteiger partial charge in [-0.2, -0.15) is 0 Å². The number of halogens is 1. The predicted octanol–water partition coefficient (Wildman–Crippen LogP) is 1.93. The maximum atomic E-state index is 10.4. The summed E-state index contributed by atoms with van der Waals surface area (Å²) in [6.45, 7) is 0. The molecule has 0 aromatic carbocycles. The van der Waals surface area contributed by atoms with E-state index in [0.29, 0.717) is 4.47 Å². The SMILES string of the molecule is O=c1sscc1Br. The Kier molecular flexibility index (Phi) is 1.61. The lowest BCUT2D eigenvalue weighted by Gasteiger charge is -1.60. The van der Waals surface area contributed by atoms with Crippen molar-refractivity contribution in [3.05, 3.63) is 19.4 Å². The summed E-state index contributed by atoms with van der Waals surface area (Å²) in [5, 5.41) is 1.78. The van der Waals surface area contributed by atoms with E-state index in [0.717, 1.165) is 0 Å². The van der Waals surface area contributed by atoms with E-state index in [-0.39, 0.29) is 4.74 Å². The van der Waals surface area contributed by atoms with E-state index in [1.807, 2.05) is 0 Å². The second-order valence-electron chi connectivity index (χ2n) is 0.933. The van der Waals surface area contributed by atoms with Crippen LogP contribution < -0.4 is 4.74 Å². The van der Waals surface area contributed by atoms with Crippen LogP contribution in [0, 0.1) is 0 Å². The molecule has 1 rings (SSSR count). The minimum atomic E-state index is 0.116. The van der Waals surface area contributed by atoms with Crippen LogP contribution in [0.2, 0.25) is 0 Å². The first-order valence-corrected chi connectivity index (χ1v) is 4.54. The third-order valence-corrected chi connectivity index (χ3v) is 3.46. The van der Waals surface area contributed by atoms with Crippen molar-refractivity contribution in [3.63, 3.8) is 0 Å². The van der Waals surface area contributed by atoms with Gasteiger partial charge in [-0.05, 0) is 26.3 Å². The van der Waals surface area contributed by atoms with Crippen LogP contribution in [0.3, 0.4) is 0 Å². The van der Waals surface area contributed by atoms with Gasteiger partial charge < -0.3 is 0 Å². The third kappa shape index (κ3) is 1.11. The Morgan fingerprint density at radius 1 is 1.71 bits per heavy atom. The lowest BCUT2D eigenvalue weighted by molar-refractivity contribution is 1.79. The summed E-state index contributed by atoms with van der Waals surface area (Å²) in [5.41, 5.74) is 0. The molecule has 0 unspecified atom stereocenters. The van der Waals surface area contributed by atoms with Crippen LogP contribution in [-0.2, 0) is 0 Å². The molecule has 1 nitrogen and oxygen atoms in total. The average molecular weight is 197 g/mol. The number of rotatable bonds is 0. The second kappa shape index (κ2) is 2.07. The van der Waals surface area contributed by atoms with E-state index in [1.165, 1.54) is 20.7 Å². The molecule has 4 heteroatoms. The molecule has 0 spiro atoms. The van der Waals surface area contributed by atoms with Gasteiger partial charge in [0, 0.05) is 5.38 Å². The molecule has 1 aromatic heterocycles. The molecule has 38 valence electrons. The van der Waals surface area contributed by atoms with Crippen LogP contribution in [0.4, 0.5) is 0 Å². The molecule has 0 N–H and O–H groups in total. The van der Waals surface area contributed by atoms with Crippen molar-refractivity contribution in [2.75, 3.05) is 0 Å². The molecule has 1 aromatic rings. The largest absolute Gasteiger partial charge is 0.276 e. The molecule has 0 amide bonds. The molecule has 0 aliphatic carbocycles. The van der Waals surface area contributed by atoms with Crippen LogP contribution in [-0.4, -0.2) is 0 Å². The van der Waals surface area contributed by atoms with Crippen LogP contribution in [0.25, 0.3) is 0 Å². The van der Waals surface area contributed by atoms with E-state index in [1.54, 1.807) is 5.38 Å². The highest BCUT2D eigenvalue weighted by atomic mass is 79.9. The maximum Gasteiger partial charge on any atom is 0.257 e. The van der Waals surface area contributed by atoms with E-state index in [4.69, 9.17) is 0 Å². The first-order chi connectivity index (χ1) is 3.30. The predicted molar refractivity (Wildman–Crippen MR) is 36.2 cm³/mol. The Morgan fingerprint density at radius 2 is 2.43 bits per heavy atom. The molecular formula is C3HBrOS2. The molecule has 7 heavy (non-hydrogen) atoms. The first kappa shape index (κ1) is 5.47. The van der Waals surface area contributed by atoms with Gasteiger partial charge in [0.25, 0.3) is 4.74 Å². The fraction of sp³-hybridized carbons (Fsp3) is 0. The lowest BCUT2D eigenvalue weighted by atomic mass is 10.8. The third-order valence-electron chi connectivity index (χ3n) is 0.470. The smallest absolute Gasteiger partial charge is 0.257 e. The molecule has 1 heterocycles. The zero-order valence-electron chi connectivity index (χ0n) is 3.18. The molecule has 0 atom stereocenters. The van der Waals surface area contributed by atoms with Gasteiger partial charge in [-0.3, -0.25) is 4.79 Å². The topological polar surface area (TPSA) is 17.1 Å². The molecule has 0 radical (unpaired) electrons. The van der Waals surface area contributed by atoms with Crippen molar-refractivity contribution < 1.29 is 0 Å².